The summed E-state index contributed by atoms with van der Waals surface area (Å²) in [5.41, 5.74) is 0.652. The number of halogens is 1. The van der Waals surface area contributed by atoms with Gasteiger partial charge in [0.25, 0.3) is 0 Å². The molecule has 9 nitrogen and oxygen atoms in total. The Morgan fingerprint density at radius 2 is 2.03 bits per heavy atom. The molecular formula is C18H21FN6O3S. The third-order valence-corrected chi connectivity index (χ3v) is 4.88. The van der Waals surface area contributed by atoms with Gasteiger partial charge in [-0.2, -0.15) is 5.10 Å². The molecule has 0 aliphatic rings. The Bertz CT molecular complexity index is 1150. The first kappa shape index (κ1) is 20.8. The first-order chi connectivity index (χ1) is 13.4. The summed E-state index contributed by atoms with van der Waals surface area (Å²) in [6, 6.07) is 4.31. The highest BCUT2D eigenvalue weighted by Gasteiger charge is 2.17. The minimum atomic E-state index is -3.81. The highest BCUT2D eigenvalue weighted by molar-refractivity contribution is 7.89. The van der Waals surface area contributed by atoms with E-state index in [2.05, 4.69) is 20.4 Å². The first-order valence-corrected chi connectivity index (χ1v) is 10.2. The predicted octanol–water partition coefficient (Wildman–Crippen LogP) is 1.95. The summed E-state index contributed by atoms with van der Waals surface area (Å²) in [6.45, 7) is 5.22. The fraction of sp³-hybridized carbons (Fsp3) is 0.278. The van der Waals surface area contributed by atoms with Crippen molar-refractivity contribution >= 4 is 21.7 Å². The van der Waals surface area contributed by atoms with Gasteiger partial charge in [-0.1, -0.05) is 0 Å². The smallest absolute Gasteiger partial charge is 0.238 e. The molecule has 4 N–H and O–H groups in total. The van der Waals surface area contributed by atoms with Gasteiger partial charge in [-0.15, -0.1) is 0 Å². The van der Waals surface area contributed by atoms with Gasteiger partial charge in [0.2, 0.25) is 16.0 Å². The zero-order chi connectivity index (χ0) is 21.4. The molecule has 154 valence electrons. The number of nitrogens with zero attached hydrogens (tertiary/aromatic N) is 4. The van der Waals surface area contributed by atoms with Gasteiger partial charge in [-0.3, -0.25) is 4.68 Å². The van der Waals surface area contributed by atoms with Crippen LogP contribution in [-0.4, -0.2) is 38.9 Å². The van der Waals surface area contributed by atoms with E-state index >= 15 is 0 Å². The molecule has 0 amide bonds. The van der Waals surface area contributed by atoms with Crippen LogP contribution in [0.15, 0.2) is 41.7 Å². The molecule has 2 heterocycles. The molecule has 0 spiro atoms. The molecule has 0 unspecified atom stereocenters. The highest BCUT2D eigenvalue weighted by Crippen LogP contribution is 2.25. The molecule has 0 aliphatic heterocycles. The normalized spacial score (nSPS) is 12.2. The van der Waals surface area contributed by atoms with Crippen molar-refractivity contribution in [2.45, 2.75) is 37.8 Å². The Hall–Kier alpha value is -2.89. The standard InChI is InChI=1S/C18H21FN6O3S/c1-11-6-13(29(20,27)28)4-5-15(11)23-17-21-8-14(19)16(24-17)12-7-22-25(9-12)10-18(2,3)26/h4-9,26H,10H2,1-3H3,(H2,20,27,28)(H,21,23,24). The topological polar surface area (TPSA) is 136 Å². The molecule has 3 aromatic rings. The van der Waals surface area contributed by atoms with E-state index in [1.807, 2.05) is 0 Å². The minimum Gasteiger partial charge on any atom is -0.389 e. The molecule has 2 aromatic heterocycles. The summed E-state index contributed by atoms with van der Waals surface area (Å²) in [7, 11) is -3.81. The number of aryl methyl sites for hydroxylation is 1. The molecule has 0 saturated heterocycles. The molecule has 0 radical (unpaired) electrons. The van der Waals surface area contributed by atoms with E-state index in [9.17, 15) is 17.9 Å². The zero-order valence-electron chi connectivity index (χ0n) is 16.1. The van der Waals surface area contributed by atoms with Crippen LogP contribution in [0.5, 0.6) is 0 Å². The van der Waals surface area contributed by atoms with Gasteiger partial charge in [0.15, 0.2) is 5.82 Å². The number of aliphatic hydroxyl groups is 1. The SMILES string of the molecule is Cc1cc(S(N)(=O)=O)ccc1Nc1ncc(F)c(-c2cnn(CC(C)(C)O)c2)n1. The molecule has 3 rings (SSSR count). The Kier molecular flexibility index (Phi) is 5.39. The Labute approximate surface area is 167 Å². The summed E-state index contributed by atoms with van der Waals surface area (Å²) in [5.74, 6) is -0.497. The van der Waals surface area contributed by atoms with Crippen molar-refractivity contribution < 1.29 is 17.9 Å². The fourth-order valence-corrected chi connectivity index (χ4v) is 3.27. The molecule has 29 heavy (non-hydrogen) atoms. The lowest BCUT2D eigenvalue weighted by Gasteiger charge is -2.16. The Balaban J connectivity index is 1.88. The number of hydrogen-bond acceptors (Lipinski definition) is 7. The van der Waals surface area contributed by atoms with Crippen molar-refractivity contribution in [3.63, 3.8) is 0 Å². The zero-order valence-corrected chi connectivity index (χ0v) is 16.9. The average molecular weight is 420 g/mol. The van der Waals surface area contributed by atoms with E-state index in [1.165, 1.54) is 29.1 Å². The summed E-state index contributed by atoms with van der Waals surface area (Å²) in [4.78, 5) is 8.12. The molecule has 1 aromatic carbocycles. The number of rotatable bonds is 6. The van der Waals surface area contributed by atoms with Crippen LogP contribution in [-0.2, 0) is 16.6 Å². The van der Waals surface area contributed by atoms with Crippen LogP contribution >= 0.6 is 0 Å². The maximum Gasteiger partial charge on any atom is 0.238 e. The quantitative estimate of drug-likeness (QED) is 0.554. The van der Waals surface area contributed by atoms with E-state index in [0.717, 1.165) is 6.20 Å². The number of nitrogens with one attached hydrogen (secondary N) is 1. The van der Waals surface area contributed by atoms with Crippen molar-refractivity contribution in [3.8, 4) is 11.3 Å². The van der Waals surface area contributed by atoms with Crippen LogP contribution in [0.3, 0.4) is 0 Å². The maximum absolute atomic E-state index is 14.3. The summed E-state index contributed by atoms with van der Waals surface area (Å²) in [6.07, 6.45) is 4.07. The van der Waals surface area contributed by atoms with Gasteiger partial charge in [0.1, 0.15) is 5.69 Å². The average Bonchev–Trinajstić information content (AvgIpc) is 3.03. The van der Waals surface area contributed by atoms with E-state index in [-0.39, 0.29) is 23.1 Å². The van der Waals surface area contributed by atoms with Crippen LogP contribution in [0.2, 0.25) is 0 Å². The monoisotopic (exact) mass is 420 g/mol. The second-order valence-corrected chi connectivity index (χ2v) is 8.84. The van der Waals surface area contributed by atoms with Crippen molar-refractivity contribution in [1.82, 2.24) is 19.7 Å². The van der Waals surface area contributed by atoms with Crippen LogP contribution in [0.4, 0.5) is 16.0 Å². The number of benzene rings is 1. The third kappa shape index (κ3) is 5.13. The van der Waals surface area contributed by atoms with Gasteiger partial charge < -0.3 is 10.4 Å². The molecular weight excluding hydrogens is 399 g/mol. The lowest BCUT2D eigenvalue weighted by molar-refractivity contribution is 0.0577. The number of sulfonamides is 1. The van der Waals surface area contributed by atoms with Gasteiger partial charge in [-0.25, -0.2) is 27.9 Å². The van der Waals surface area contributed by atoms with E-state index < -0.39 is 21.4 Å². The Morgan fingerprint density at radius 3 is 2.66 bits per heavy atom. The molecule has 0 atom stereocenters. The molecule has 0 fully saturated rings. The van der Waals surface area contributed by atoms with Crippen LogP contribution in [0.25, 0.3) is 11.3 Å². The lowest BCUT2D eigenvalue weighted by Crippen LogP contribution is -2.26. The number of nitrogens with two attached hydrogens (primary N) is 1. The summed E-state index contributed by atoms with van der Waals surface area (Å²) in [5, 5.41) is 22.1. The minimum absolute atomic E-state index is 0.0134. The summed E-state index contributed by atoms with van der Waals surface area (Å²) >= 11 is 0. The third-order valence-electron chi connectivity index (χ3n) is 3.97. The number of hydrogen-bond donors (Lipinski definition) is 3. The van der Waals surface area contributed by atoms with E-state index in [0.29, 0.717) is 16.8 Å². The van der Waals surface area contributed by atoms with Gasteiger partial charge in [0, 0.05) is 17.4 Å². The summed E-state index contributed by atoms with van der Waals surface area (Å²) < 4.78 is 38.7. The van der Waals surface area contributed by atoms with E-state index in [4.69, 9.17) is 5.14 Å². The second-order valence-electron chi connectivity index (χ2n) is 7.28. The number of aromatic nitrogens is 4. The van der Waals surface area contributed by atoms with E-state index in [1.54, 1.807) is 27.0 Å². The molecule has 0 bridgehead atoms. The highest BCUT2D eigenvalue weighted by atomic mass is 32.2. The van der Waals surface area contributed by atoms with Crippen LogP contribution < -0.4 is 10.5 Å². The van der Waals surface area contributed by atoms with Crippen molar-refractivity contribution in [2.24, 2.45) is 5.14 Å². The van der Waals surface area contributed by atoms with Gasteiger partial charge >= 0.3 is 0 Å². The predicted molar refractivity (Wildman–Crippen MR) is 105 cm³/mol. The first-order valence-electron chi connectivity index (χ1n) is 8.61. The number of anilines is 2. The van der Waals surface area contributed by atoms with Crippen molar-refractivity contribution in [2.75, 3.05) is 5.32 Å². The van der Waals surface area contributed by atoms with Gasteiger partial charge in [-0.05, 0) is 44.5 Å². The largest absolute Gasteiger partial charge is 0.389 e. The Morgan fingerprint density at radius 1 is 1.31 bits per heavy atom. The van der Waals surface area contributed by atoms with Gasteiger partial charge in [0.05, 0.1) is 29.4 Å². The lowest BCUT2D eigenvalue weighted by atomic mass is 10.1. The molecule has 0 saturated carbocycles. The van der Waals surface area contributed by atoms with Crippen LogP contribution in [0.1, 0.15) is 19.4 Å². The fourth-order valence-electron chi connectivity index (χ4n) is 2.67. The van der Waals surface area contributed by atoms with Crippen LogP contribution in [0, 0.1) is 12.7 Å². The maximum atomic E-state index is 14.3. The molecule has 11 heteroatoms. The van der Waals surface area contributed by atoms with Crippen molar-refractivity contribution in [3.05, 3.63) is 48.2 Å². The molecule has 0 aliphatic carbocycles. The number of primary sulfonamides is 1. The second kappa shape index (κ2) is 7.50. The van der Waals surface area contributed by atoms with Crippen molar-refractivity contribution in [1.29, 1.82) is 0 Å².